The van der Waals surface area contributed by atoms with Gasteiger partial charge in [0.1, 0.15) is 1.37 Å². The minimum absolute atomic E-state index is 0. The van der Waals surface area contributed by atoms with Gasteiger partial charge >= 0.3 is 0 Å². The van der Waals surface area contributed by atoms with Gasteiger partial charge in [-0.1, -0.05) is 18.2 Å². The molecule has 1 amide bonds. The molecule has 6 heteroatoms. The number of para-hydroxylation sites is 1. The molecule has 1 N–H and O–H groups in total. The standard InChI is InChI=1S/C17H18N4O.ClH/c1-11-13(19-10-18-11)9-21-8-7-15-16(17(21)22)12-5-3-4-6-14(12)20(15)2;/h3-6,10H,7-9H2,1-2H3,(H,18,19);1H/i1D3,9D2,10D;. The predicted octanol–water partition coefficient (Wildman–Crippen LogP) is 2.83. The number of H-pyrrole nitrogens is 1. The van der Waals surface area contributed by atoms with Crippen LogP contribution in [0, 0.1) is 6.85 Å². The number of aromatic nitrogens is 3. The minimum Gasteiger partial charge on any atom is -0.348 e. The Morgan fingerprint density at radius 2 is 2.30 bits per heavy atom. The fourth-order valence-corrected chi connectivity index (χ4v) is 3.00. The van der Waals surface area contributed by atoms with Crippen molar-refractivity contribution in [2.75, 3.05) is 6.54 Å². The average Bonchev–Trinajstić information content (AvgIpc) is 3.15. The molecule has 120 valence electrons. The topological polar surface area (TPSA) is 53.9 Å². The molecule has 1 aliphatic heterocycles. The van der Waals surface area contributed by atoms with Gasteiger partial charge in [-0.15, -0.1) is 12.4 Å². The number of carbonyl (C=O) groups is 1. The number of fused-ring (bicyclic) bond motifs is 3. The summed E-state index contributed by atoms with van der Waals surface area (Å²) in [5, 5.41) is 0.727. The van der Waals surface area contributed by atoms with Crippen molar-refractivity contribution in [3.05, 3.63) is 53.2 Å². The summed E-state index contributed by atoms with van der Waals surface area (Å²) in [6.07, 6.45) is -0.0344. The molecule has 2 aromatic heterocycles. The number of rotatable bonds is 2. The van der Waals surface area contributed by atoms with Crippen molar-refractivity contribution < 1.29 is 13.0 Å². The number of nitrogens with zero attached hydrogens (tertiary/aromatic N) is 3. The minimum atomic E-state index is -2.68. The maximum atomic E-state index is 13.3. The van der Waals surface area contributed by atoms with Crippen LogP contribution in [0.15, 0.2) is 30.6 Å². The molecular formula is C17H19ClN4O. The number of amides is 1. The van der Waals surface area contributed by atoms with E-state index >= 15 is 0 Å². The number of halogens is 1. The molecule has 0 spiro atoms. The first-order valence-electron chi connectivity index (χ1n) is 9.99. The smallest absolute Gasteiger partial charge is 0.256 e. The number of hydrogen-bond acceptors (Lipinski definition) is 2. The van der Waals surface area contributed by atoms with Crippen molar-refractivity contribution >= 4 is 29.2 Å². The molecule has 3 aromatic rings. The van der Waals surface area contributed by atoms with Crippen molar-refractivity contribution in [1.29, 1.82) is 0 Å². The first kappa shape index (κ1) is 9.78. The zero-order valence-corrected chi connectivity index (χ0v) is 13.2. The molecule has 0 saturated carbocycles. The number of benzene rings is 1. The molecule has 0 radical (unpaired) electrons. The lowest BCUT2D eigenvalue weighted by Crippen LogP contribution is -2.37. The second-order valence-electron chi connectivity index (χ2n) is 5.29. The van der Waals surface area contributed by atoms with E-state index in [0.717, 1.165) is 21.5 Å². The molecule has 5 nitrogen and oxygen atoms in total. The van der Waals surface area contributed by atoms with Crippen molar-refractivity contribution in [2.24, 2.45) is 7.05 Å². The zero-order chi connectivity index (χ0) is 20.4. The predicted molar refractivity (Wildman–Crippen MR) is 91.9 cm³/mol. The van der Waals surface area contributed by atoms with Gasteiger partial charge in [0.25, 0.3) is 5.91 Å². The number of aryl methyl sites for hydroxylation is 2. The van der Waals surface area contributed by atoms with Gasteiger partial charge in [-0.3, -0.25) is 4.79 Å². The summed E-state index contributed by atoms with van der Waals surface area (Å²) in [4.78, 5) is 20.4. The molecule has 0 aliphatic carbocycles. The van der Waals surface area contributed by atoms with E-state index in [1.807, 2.05) is 35.9 Å². The van der Waals surface area contributed by atoms with E-state index in [9.17, 15) is 4.79 Å². The monoisotopic (exact) mass is 336 g/mol. The molecule has 0 unspecified atom stereocenters. The van der Waals surface area contributed by atoms with Gasteiger partial charge < -0.3 is 14.5 Å². The first-order chi connectivity index (χ1) is 13.0. The molecule has 4 rings (SSSR count). The van der Waals surface area contributed by atoms with Gasteiger partial charge in [-0.05, 0) is 12.9 Å². The lowest BCUT2D eigenvalue weighted by molar-refractivity contribution is 0.0725. The highest BCUT2D eigenvalue weighted by Gasteiger charge is 2.30. The molecule has 1 aliphatic rings. The quantitative estimate of drug-likeness (QED) is 0.782. The Morgan fingerprint density at radius 3 is 3.13 bits per heavy atom. The zero-order valence-electron chi connectivity index (χ0n) is 18.4. The third-order valence-corrected chi connectivity index (χ3v) is 4.09. The van der Waals surface area contributed by atoms with Gasteiger partial charge in [0.15, 0.2) is 0 Å². The molecule has 0 bridgehead atoms. The Balaban J connectivity index is 0.00000240. The second-order valence-corrected chi connectivity index (χ2v) is 5.29. The van der Waals surface area contributed by atoms with Crippen LogP contribution in [0.2, 0.25) is 0 Å². The Hall–Kier alpha value is -2.27. The lowest BCUT2D eigenvalue weighted by atomic mass is 10.0. The van der Waals surface area contributed by atoms with Crippen molar-refractivity contribution in [3.63, 3.8) is 0 Å². The number of carbonyl (C=O) groups excluding carboxylic acids is 1. The van der Waals surface area contributed by atoms with E-state index in [1.165, 1.54) is 0 Å². The summed E-state index contributed by atoms with van der Waals surface area (Å²) in [5.41, 5.74) is 1.20. The maximum absolute atomic E-state index is 13.3. The fourth-order valence-electron chi connectivity index (χ4n) is 3.00. The molecule has 1 aromatic carbocycles. The Kier molecular flexibility index (Phi) is 2.44. The molecule has 0 saturated heterocycles. The fraction of sp³-hybridized carbons (Fsp3) is 0.294. The van der Waals surface area contributed by atoms with Gasteiger partial charge in [0.2, 0.25) is 0 Å². The van der Waals surface area contributed by atoms with E-state index in [2.05, 4.69) is 9.97 Å². The molecule has 3 heterocycles. The molecule has 0 atom stereocenters. The highest BCUT2D eigenvalue weighted by molar-refractivity contribution is 6.09. The third-order valence-electron chi connectivity index (χ3n) is 4.09. The Bertz CT molecular complexity index is 1100. The first-order valence-corrected chi connectivity index (χ1v) is 6.99. The summed E-state index contributed by atoms with van der Waals surface area (Å²) in [5.74, 6) is -0.519. The SMILES string of the molecule is Cl.[2H]c1nc(C([2H])([2H])N2CCc3c(c4ccccc4n3C)C2=O)c(C([2H])([2H])[2H])[nH]1. The van der Waals surface area contributed by atoms with E-state index in [1.54, 1.807) is 0 Å². The normalized spacial score (nSPS) is 19.0. The van der Waals surface area contributed by atoms with Gasteiger partial charge in [-0.25, -0.2) is 4.98 Å². The van der Waals surface area contributed by atoms with Gasteiger partial charge in [-0.2, -0.15) is 0 Å². The largest absolute Gasteiger partial charge is 0.348 e. The van der Waals surface area contributed by atoms with E-state index < -0.39 is 36.9 Å². The number of hydrogen-bond donors (Lipinski definition) is 1. The number of imidazole rings is 1. The highest BCUT2D eigenvalue weighted by Crippen LogP contribution is 2.30. The molecule has 23 heavy (non-hydrogen) atoms. The van der Waals surface area contributed by atoms with Crippen LogP contribution in [0.25, 0.3) is 10.9 Å². The van der Waals surface area contributed by atoms with E-state index in [4.69, 9.17) is 8.22 Å². The van der Waals surface area contributed by atoms with Crippen LogP contribution in [0.5, 0.6) is 0 Å². The van der Waals surface area contributed by atoms with Crippen LogP contribution < -0.4 is 0 Å². The number of aromatic amines is 1. The summed E-state index contributed by atoms with van der Waals surface area (Å²) in [7, 11) is 1.87. The Morgan fingerprint density at radius 1 is 1.48 bits per heavy atom. The summed E-state index contributed by atoms with van der Waals surface area (Å²) >= 11 is 0. The summed E-state index contributed by atoms with van der Waals surface area (Å²) in [6.45, 7) is -5.09. The summed E-state index contributed by atoms with van der Waals surface area (Å²) in [6, 6.07) is 7.40. The average molecular weight is 337 g/mol. The van der Waals surface area contributed by atoms with Crippen LogP contribution in [0.3, 0.4) is 0 Å². The van der Waals surface area contributed by atoms with Crippen LogP contribution in [-0.2, 0) is 20.0 Å². The second kappa shape index (κ2) is 5.74. The molecule has 0 fully saturated rings. The van der Waals surface area contributed by atoms with Crippen molar-refractivity contribution in [3.8, 4) is 0 Å². The van der Waals surface area contributed by atoms with Gasteiger partial charge in [0, 0.05) is 46.4 Å². The van der Waals surface area contributed by atoms with Crippen LogP contribution >= 0.6 is 12.4 Å². The van der Waals surface area contributed by atoms with Crippen LogP contribution in [-0.4, -0.2) is 31.9 Å². The third kappa shape index (κ3) is 2.32. The van der Waals surface area contributed by atoms with Crippen molar-refractivity contribution in [1.82, 2.24) is 19.4 Å². The van der Waals surface area contributed by atoms with Crippen LogP contribution in [0.1, 0.15) is 35.7 Å². The lowest BCUT2D eigenvalue weighted by Gasteiger charge is -2.27. The number of nitrogens with one attached hydrogen (secondary N) is 1. The summed E-state index contributed by atoms with van der Waals surface area (Å²) < 4.78 is 49.4. The highest BCUT2D eigenvalue weighted by atomic mass is 35.5. The van der Waals surface area contributed by atoms with Gasteiger partial charge in [0.05, 0.1) is 26.8 Å². The van der Waals surface area contributed by atoms with Crippen molar-refractivity contribution in [2.45, 2.75) is 19.8 Å². The van der Waals surface area contributed by atoms with E-state index in [-0.39, 0.29) is 19.0 Å². The molecular weight excluding hydrogens is 312 g/mol. The Labute approximate surface area is 149 Å². The van der Waals surface area contributed by atoms with Crippen LogP contribution in [0.4, 0.5) is 0 Å². The maximum Gasteiger partial charge on any atom is 0.256 e. The van der Waals surface area contributed by atoms with E-state index in [0.29, 0.717) is 12.0 Å².